The lowest BCUT2D eigenvalue weighted by atomic mass is 9.88. The van der Waals surface area contributed by atoms with E-state index in [9.17, 15) is 0 Å². The van der Waals surface area contributed by atoms with Gasteiger partial charge < -0.3 is 10.1 Å². The molecule has 1 atom stereocenters. The summed E-state index contributed by atoms with van der Waals surface area (Å²) in [5, 5.41) is 3.53. The molecule has 2 rings (SSSR count). The van der Waals surface area contributed by atoms with E-state index in [1.807, 2.05) is 0 Å². The molecule has 1 aliphatic heterocycles. The molecule has 20 heavy (non-hydrogen) atoms. The molecule has 1 aromatic carbocycles. The topological polar surface area (TPSA) is 24.5 Å². The zero-order valence-corrected chi connectivity index (χ0v) is 13.3. The molecule has 0 saturated carbocycles. The Kier molecular flexibility index (Phi) is 4.84. The zero-order valence-electron chi connectivity index (χ0n) is 13.3. The molecule has 1 aromatic rings. The van der Waals surface area contributed by atoms with Crippen molar-refractivity contribution in [3.05, 3.63) is 35.9 Å². The Morgan fingerprint density at radius 3 is 2.60 bits per heavy atom. The van der Waals surface area contributed by atoms with Crippen LogP contribution in [0.4, 0.5) is 0 Å². The van der Waals surface area contributed by atoms with Gasteiger partial charge in [0.15, 0.2) is 0 Å². The van der Waals surface area contributed by atoms with Gasteiger partial charge in [-0.3, -0.25) is 4.90 Å². The molecule has 112 valence electrons. The van der Waals surface area contributed by atoms with E-state index in [4.69, 9.17) is 4.74 Å². The minimum absolute atomic E-state index is 0.0563. The summed E-state index contributed by atoms with van der Waals surface area (Å²) in [6.45, 7) is 13.5. The van der Waals surface area contributed by atoms with Crippen LogP contribution in [-0.4, -0.2) is 43.3 Å². The fourth-order valence-corrected chi connectivity index (χ4v) is 2.81. The molecule has 1 heterocycles. The van der Waals surface area contributed by atoms with E-state index in [2.05, 4.69) is 68.2 Å². The van der Waals surface area contributed by atoms with Gasteiger partial charge >= 0.3 is 0 Å². The maximum absolute atomic E-state index is 5.90. The predicted octanol–water partition coefficient (Wildman–Crippen LogP) is 2.62. The third-order valence-corrected chi connectivity index (χ3v) is 4.02. The van der Waals surface area contributed by atoms with Crippen molar-refractivity contribution in [1.82, 2.24) is 10.2 Å². The van der Waals surface area contributed by atoms with Gasteiger partial charge in [-0.1, -0.05) is 30.3 Å². The van der Waals surface area contributed by atoms with E-state index >= 15 is 0 Å². The van der Waals surface area contributed by atoms with Gasteiger partial charge in [0, 0.05) is 26.2 Å². The molecular formula is C17H28N2O. The quantitative estimate of drug-likeness (QED) is 0.915. The summed E-state index contributed by atoms with van der Waals surface area (Å²) in [6.07, 6.45) is 0. The van der Waals surface area contributed by atoms with Gasteiger partial charge in [-0.2, -0.15) is 0 Å². The monoisotopic (exact) mass is 276 g/mol. The van der Waals surface area contributed by atoms with Crippen LogP contribution in [0, 0.1) is 0 Å². The number of rotatable bonds is 4. The van der Waals surface area contributed by atoms with Gasteiger partial charge in [0.05, 0.1) is 17.7 Å². The second kappa shape index (κ2) is 6.25. The molecule has 1 fully saturated rings. The Bertz CT molecular complexity index is 413. The van der Waals surface area contributed by atoms with Gasteiger partial charge in [-0.15, -0.1) is 0 Å². The minimum atomic E-state index is -0.0583. The Hall–Kier alpha value is -0.900. The molecular weight excluding hydrogens is 248 g/mol. The number of benzene rings is 1. The highest BCUT2D eigenvalue weighted by molar-refractivity contribution is 5.25. The van der Waals surface area contributed by atoms with E-state index < -0.39 is 0 Å². The SMILES string of the molecule is CC(C)(C)OCCN1CCNCC1(C)c1ccccc1. The molecule has 1 saturated heterocycles. The maximum Gasteiger partial charge on any atom is 0.0600 e. The van der Waals surface area contributed by atoms with Crippen LogP contribution >= 0.6 is 0 Å². The van der Waals surface area contributed by atoms with Crippen LogP contribution in [0.3, 0.4) is 0 Å². The van der Waals surface area contributed by atoms with Crippen molar-refractivity contribution in [3.8, 4) is 0 Å². The summed E-state index contributed by atoms with van der Waals surface area (Å²) in [5.74, 6) is 0. The number of nitrogens with one attached hydrogen (secondary N) is 1. The summed E-state index contributed by atoms with van der Waals surface area (Å²) in [5.41, 5.74) is 1.38. The summed E-state index contributed by atoms with van der Waals surface area (Å²) >= 11 is 0. The fraction of sp³-hybridized carbons (Fsp3) is 0.647. The summed E-state index contributed by atoms with van der Waals surface area (Å²) in [7, 11) is 0. The predicted molar refractivity (Wildman–Crippen MR) is 83.9 cm³/mol. The van der Waals surface area contributed by atoms with Crippen molar-refractivity contribution in [2.75, 3.05) is 32.8 Å². The molecule has 0 spiro atoms. The lowest BCUT2D eigenvalue weighted by Gasteiger charge is -2.46. The number of nitrogens with zero attached hydrogens (tertiary/aromatic N) is 1. The molecule has 1 aliphatic rings. The molecule has 1 N–H and O–H groups in total. The first-order chi connectivity index (χ1) is 9.42. The van der Waals surface area contributed by atoms with Crippen LogP contribution in [0.25, 0.3) is 0 Å². The van der Waals surface area contributed by atoms with Crippen molar-refractivity contribution in [3.63, 3.8) is 0 Å². The second-order valence-corrected chi connectivity index (χ2v) is 6.76. The van der Waals surface area contributed by atoms with Crippen LogP contribution < -0.4 is 5.32 Å². The molecule has 0 bridgehead atoms. The second-order valence-electron chi connectivity index (χ2n) is 6.76. The summed E-state index contributed by atoms with van der Waals surface area (Å²) in [4.78, 5) is 2.55. The van der Waals surface area contributed by atoms with Crippen LogP contribution in [0.5, 0.6) is 0 Å². The van der Waals surface area contributed by atoms with Gasteiger partial charge in [0.25, 0.3) is 0 Å². The van der Waals surface area contributed by atoms with Gasteiger partial charge in [0.2, 0.25) is 0 Å². The molecule has 0 radical (unpaired) electrons. The normalized spacial score (nSPS) is 24.8. The standard InChI is InChI=1S/C17H28N2O/c1-16(2,3)20-13-12-19-11-10-18-14-17(19,4)15-8-6-5-7-9-15/h5-9,18H,10-14H2,1-4H3. The van der Waals surface area contributed by atoms with E-state index in [-0.39, 0.29) is 11.1 Å². The number of hydrogen-bond donors (Lipinski definition) is 1. The highest BCUT2D eigenvalue weighted by atomic mass is 16.5. The average molecular weight is 276 g/mol. The van der Waals surface area contributed by atoms with Gasteiger partial charge in [-0.25, -0.2) is 0 Å². The molecule has 1 unspecified atom stereocenters. The van der Waals surface area contributed by atoms with Crippen LogP contribution in [0.15, 0.2) is 30.3 Å². The van der Waals surface area contributed by atoms with Crippen molar-refractivity contribution in [1.29, 1.82) is 0 Å². The zero-order chi connectivity index (χ0) is 14.6. The van der Waals surface area contributed by atoms with Gasteiger partial charge in [0.1, 0.15) is 0 Å². The summed E-state index contributed by atoms with van der Waals surface area (Å²) < 4.78 is 5.90. The average Bonchev–Trinajstić information content (AvgIpc) is 2.41. The number of hydrogen-bond acceptors (Lipinski definition) is 3. The highest BCUT2D eigenvalue weighted by Gasteiger charge is 2.35. The van der Waals surface area contributed by atoms with E-state index in [1.165, 1.54) is 5.56 Å². The first-order valence-corrected chi connectivity index (χ1v) is 7.57. The van der Waals surface area contributed by atoms with E-state index in [1.54, 1.807) is 0 Å². The van der Waals surface area contributed by atoms with E-state index in [0.29, 0.717) is 0 Å². The van der Waals surface area contributed by atoms with E-state index in [0.717, 1.165) is 32.8 Å². The Morgan fingerprint density at radius 2 is 1.95 bits per heavy atom. The lowest BCUT2D eigenvalue weighted by molar-refractivity contribution is -0.0327. The minimum Gasteiger partial charge on any atom is -0.375 e. The largest absolute Gasteiger partial charge is 0.375 e. The van der Waals surface area contributed by atoms with Crippen molar-refractivity contribution in [2.45, 2.75) is 38.8 Å². The first kappa shape index (κ1) is 15.5. The Balaban J connectivity index is 2.05. The Labute approximate surface area is 123 Å². The molecule has 3 heteroatoms. The highest BCUT2D eigenvalue weighted by Crippen LogP contribution is 2.29. The smallest absolute Gasteiger partial charge is 0.0600 e. The number of ether oxygens (including phenoxy) is 1. The third-order valence-electron chi connectivity index (χ3n) is 4.02. The number of piperazine rings is 1. The first-order valence-electron chi connectivity index (χ1n) is 7.57. The molecule has 0 amide bonds. The van der Waals surface area contributed by atoms with Gasteiger partial charge in [-0.05, 0) is 33.3 Å². The van der Waals surface area contributed by atoms with Crippen LogP contribution in [-0.2, 0) is 10.3 Å². The Morgan fingerprint density at radius 1 is 1.25 bits per heavy atom. The third kappa shape index (κ3) is 3.81. The molecule has 0 aromatic heterocycles. The maximum atomic E-state index is 5.90. The summed E-state index contributed by atoms with van der Waals surface area (Å²) in [6, 6.07) is 10.8. The molecule has 3 nitrogen and oxygen atoms in total. The van der Waals surface area contributed by atoms with Crippen LogP contribution in [0.1, 0.15) is 33.3 Å². The van der Waals surface area contributed by atoms with Crippen LogP contribution in [0.2, 0.25) is 0 Å². The van der Waals surface area contributed by atoms with Crippen molar-refractivity contribution < 1.29 is 4.74 Å². The lowest BCUT2D eigenvalue weighted by Crippen LogP contribution is -2.58. The molecule has 0 aliphatic carbocycles. The van der Waals surface area contributed by atoms with Crippen molar-refractivity contribution >= 4 is 0 Å². The fourth-order valence-electron chi connectivity index (χ4n) is 2.81. The van der Waals surface area contributed by atoms with Crippen molar-refractivity contribution in [2.24, 2.45) is 0 Å².